The van der Waals surface area contributed by atoms with E-state index in [1.54, 1.807) is 0 Å². The number of carbonyl (C=O) groups excluding carboxylic acids is 1. The summed E-state index contributed by atoms with van der Waals surface area (Å²) in [6.07, 6.45) is 7.76. The molecular formula is C28H36ClNO4. The Labute approximate surface area is 209 Å². The molecule has 0 unspecified atom stereocenters. The summed E-state index contributed by atoms with van der Waals surface area (Å²) in [7, 11) is 0. The lowest BCUT2D eigenvalue weighted by molar-refractivity contribution is -0.143. The molecule has 0 aliphatic carbocycles. The lowest BCUT2D eigenvalue weighted by atomic mass is 9.97. The maximum absolute atomic E-state index is 12.2. The standard InChI is InChI=1S/C28H35NO4.ClH/c1-28(2,3)27(30)33-25-14-10-22-9-13-24(32-26(22)20-25)19-21-7-11-23(12-8-21)31-18-17-29-15-5-4-6-16-29;/h7-8,10-12,14,19-20H,4-6,9,13,15-18H2,1-3H3;1H. The molecule has 0 aromatic heterocycles. The van der Waals surface area contributed by atoms with Crippen molar-refractivity contribution in [3.05, 3.63) is 59.4 Å². The molecule has 2 aliphatic rings. The van der Waals surface area contributed by atoms with Crippen LogP contribution < -0.4 is 14.2 Å². The van der Waals surface area contributed by atoms with Gasteiger partial charge in [0.25, 0.3) is 0 Å². The van der Waals surface area contributed by atoms with E-state index in [1.165, 1.54) is 32.4 Å². The van der Waals surface area contributed by atoms with Crippen LogP contribution in [-0.4, -0.2) is 37.1 Å². The number of carbonyl (C=O) groups is 1. The van der Waals surface area contributed by atoms with Crippen LogP contribution in [0.3, 0.4) is 0 Å². The van der Waals surface area contributed by atoms with Crippen molar-refractivity contribution in [3.63, 3.8) is 0 Å². The van der Waals surface area contributed by atoms with Crippen LogP contribution in [0, 0.1) is 5.41 Å². The summed E-state index contributed by atoms with van der Waals surface area (Å²) in [4.78, 5) is 14.7. The Bertz CT molecular complexity index is 988. The number of halogens is 1. The Morgan fingerprint density at radius 3 is 2.41 bits per heavy atom. The first-order valence-corrected chi connectivity index (χ1v) is 12.1. The molecule has 2 aliphatic heterocycles. The molecule has 0 N–H and O–H groups in total. The quantitative estimate of drug-likeness (QED) is 0.355. The number of benzene rings is 2. The second-order valence-electron chi connectivity index (χ2n) is 9.94. The van der Waals surface area contributed by atoms with E-state index < -0.39 is 5.41 Å². The van der Waals surface area contributed by atoms with E-state index in [0.29, 0.717) is 5.75 Å². The highest BCUT2D eigenvalue weighted by Crippen LogP contribution is 2.34. The fourth-order valence-corrected chi connectivity index (χ4v) is 4.03. The van der Waals surface area contributed by atoms with Crippen molar-refractivity contribution in [1.29, 1.82) is 0 Å². The van der Waals surface area contributed by atoms with Crippen LogP contribution >= 0.6 is 12.4 Å². The Morgan fingerprint density at radius 1 is 1.00 bits per heavy atom. The summed E-state index contributed by atoms with van der Waals surface area (Å²) in [6.45, 7) is 9.63. The normalized spacial score (nSPS) is 17.3. The van der Waals surface area contributed by atoms with Gasteiger partial charge < -0.3 is 14.2 Å². The number of rotatable bonds is 6. The first-order chi connectivity index (χ1) is 15.9. The molecule has 0 radical (unpaired) electrons. The molecule has 0 spiro atoms. The number of hydrogen-bond donors (Lipinski definition) is 0. The van der Waals surface area contributed by atoms with Gasteiger partial charge in [-0.15, -0.1) is 12.4 Å². The topological polar surface area (TPSA) is 48.0 Å². The molecule has 4 rings (SSSR count). The van der Waals surface area contributed by atoms with Gasteiger partial charge in [-0.05, 0) is 88.5 Å². The second kappa shape index (κ2) is 11.8. The minimum absolute atomic E-state index is 0. The van der Waals surface area contributed by atoms with Gasteiger partial charge in [0.05, 0.1) is 5.41 Å². The van der Waals surface area contributed by atoms with E-state index in [1.807, 2.05) is 51.1 Å². The van der Waals surface area contributed by atoms with E-state index in [4.69, 9.17) is 14.2 Å². The van der Waals surface area contributed by atoms with Gasteiger partial charge >= 0.3 is 5.97 Å². The zero-order valence-electron chi connectivity index (χ0n) is 20.5. The summed E-state index contributed by atoms with van der Waals surface area (Å²) in [5, 5.41) is 0. The fourth-order valence-electron chi connectivity index (χ4n) is 4.03. The molecule has 5 nitrogen and oxygen atoms in total. The average molecular weight is 486 g/mol. The summed E-state index contributed by atoms with van der Waals surface area (Å²) in [5.41, 5.74) is 1.65. The highest BCUT2D eigenvalue weighted by molar-refractivity contribution is 5.85. The number of likely N-dealkylation sites (tertiary alicyclic amines) is 1. The van der Waals surface area contributed by atoms with Gasteiger partial charge in [-0.1, -0.05) is 24.6 Å². The van der Waals surface area contributed by atoms with Crippen molar-refractivity contribution in [3.8, 4) is 17.2 Å². The predicted octanol–water partition coefficient (Wildman–Crippen LogP) is 6.29. The van der Waals surface area contributed by atoms with E-state index in [-0.39, 0.29) is 18.4 Å². The van der Waals surface area contributed by atoms with Crippen LogP contribution in [0.1, 0.15) is 57.6 Å². The highest BCUT2D eigenvalue weighted by Gasteiger charge is 2.24. The van der Waals surface area contributed by atoms with Gasteiger partial charge in [0.2, 0.25) is 0 Å². The third kappa shape index (κ3) is 7.25. The Hall–Kier alpha value is -2.50. The molecule has 0 amide bonds. The number of esters is 1. The van der Waals surface area contributed by atoms with E-state index >= 15 is 0 Å². The Kier molecular flexibility index (Phi) is 9.03. The third-order valence-electron chi connectivity index (χ3n) is 6.08. The minimum atomic E-state index is -0.550. The number of ether oxygens (including phenoxy) is 3. The number of hydrogen-bond acceptors (Lipinski definition) is 5. The Balaban J connectivity index is 0.00000324. The van der Waals surface area contributed by atoms with Gasteiger partial charge in [-0.2, -0.15) is 0 Å². The van der Waals surface area contributed by atoms with Crippen molar-refractivity contribution < 1.29 is 19.0 Å². The van der Waals surface area contributed by atoms with E-state index in [9.17, 15) is 4.79 Å². The van der Waals surface area contributed by atoms with Gasteiger partial charge in [0.15, 0.2) is 0 Å². The van der Waals surface area contributed by atoms with Crippen LogP contribution in [0.25, 0.3) is 6.08 Å². The number of allylic oxidation sites excluding steroid dienone is 1. The average Bonchev–Trinajstić information content (AvgIpc) is 2.80. The first kappa shape index (κ1) is 26.1. The van der Waals surface area contributed by atoms with Crippen molar-refractivity contribution in [1.82, 2.24) is 4.90 Å². The fraction of sp³-hybridized carbons (Fsp3) is 0.464. The predicted molar refractivity (Wildman–Crippen MR) is 138 cm³/mol. The Morgan fingerprint density at radius 2 is 1.71 bits per heavy atom. The maximum Gasteiger partial charge on any atom is 0.316 e. The molecule has 1 saturated heterocycles. The van der Waals surface area contributed by atoms with Crippen molar-refractivity contribution in [2.45, 2.75) is 52.9 Å². The van der Waals surface area contributed by atoms with Crippen LogP contribution in [0.15, 0.2) is 48.2 Å². The van der Waals surface area contributed by atoms with Gasteiger partial charge in [-0.25, -0.2) is 0 Å². The molecule has 2 aromatic carbocycles. The minimum Gasteiger partial charge on any atom is -0.492 e. The van der Waals surface area contributed by atoms with E-state index in [0.717, 1.165) is 54.4 Å². The number of piperidine rings is 1. The van der Waals surface area contributed by atoms with Crippen molar-refractivity contribution in [2.75, 3.05) is 26.2 Å². The zero-order chi connectivity index (χ0) is 23.3. The molecule has 0 atom stereocenters. The molecule has 2 heterocycles. The van der Waals surface area contributed by atoms with Crippen LogP contribution in [0.4, 0.5) is 0 Å². The summed E-state index contributed by atoms with van der Waals surface area (Å²) in [5.74, 6) is 2.81. The van der Waals surface area contributed by atoms with Crippen LogP contribution in [0.5, 0.6) is 17.2 Å². The molecule has 0 bridgehead atoms. The number of aryl methyl sites for hydroxylation is 1. The second-order valence-corrected chi connectivity index (χ2v) is 9.94. The van der Waals surface area contributed by atoms with Crippen LogP contribution in [-0.2, 0) is 11.2 Å². The van der Waals surface area contributed by atoms with E-state index in [2.05, 4.69) is 23.1 Å². The highest BCUT2D eigenvalue weighted by atomic mass is 35.5. The third-order valence-corrected chi connectivity index (χ3v) is 6.08. The smallest absolute Gasteiger partial charge is 0.316 e. The molecule has 0 saturated carbocycles. The SMILES string of the molecule is CC(C)(C)C(=O)Oc1ccc2c(c1)OC(=Cc1ccc(OCCN3CCCCC3)cc1)CC2.Cl. The molecule has 6 heteroatoms. The van der Waals surface area contributed by atoms with Crippen LogP contribution in [0.2, 0.25) is 0 Å². The monoisotopic (exact) mass is 485 g/mol. The van der Waals surface area contributed by atoms with Gasteiger partial charge in [-0.3, -0.25) is 9.69 Å². The largest absolute Gasteiger partial charge is 0.492 e. The number of fused-ring (bicyclic) bond motifs is 1. The molecule has 184 valence electrons. The molecule has 34 heavy (non-hydrogen) atoms. The lowest BCUT2D eigenvalue weighted by Crippen LogP contribution is -2.33. The van der Waals surface area contributed by atoms with Crippen molar-refractivity contribution in [2.24, 2.45) is 5.41 Å². The van der Waals surface area contributed by atoms with Gasteiger partial charge in [0, 0.05) is 19.0 Å². The summed E-state index contributed by atoms with van der Waals surface area (Å²) >= 11 is 0. The molecule has 2 aromatic rings. The van der Waals surface area contributed by atoms with Gasteiger partial charge in [0.1, 0.15) is 29.6 Å². The first-order valence-electron chi connectivity index (χ1n) is 12.1. The zero-order valence-corrected chi connectivity index (χ0v) is 21.3. The molecule has 1 fully saturated rings. The lowest BCUT2D eigenvalue weighted by Gasteiger charge is -2.26. The maximum atomic E-state index is 12.2. The summed E-state index contributed by atoms with van der Waals surface area (Å²) in [6, 6.07) is 13.8. The summed E-state index contributed by atoms with van der Waals surface area (Å²) < 4.78 is 17.6. The number of nitrogens with zero attached hydrogens (tertiary/aromatic N) is 1. The van der Waals surface area contributed by atoms with Crippen molar-refractivity contribution >= 4 is 24.5 Å². The molecular weight excluding hydrogens is 450 g/mol.